The standard InChI is InChI=1S/C18H23N5O3/c1-14-5-3-4-6-16(14)12-20-7-9-21(10-8-20)18(24)13-22-15(2)17(11-19-22)23(25)26/h3-6,11H,7-10,12-13H2,1-2H3. The summed E-state index contributed by atoms with van der Waals surface area (Å²) in [6, 6.07) is 8.34. The van der Waals surface area contributed by atoms with Gasteiger partial charge in [-0.05, 0) is 25.0 Å². The lowest BCUT2D eigenvalue weighted by Gasteiger charge is -2.35. The summed E-state index contributed by atoms with van der Waals surface area (Å²) in [5, 5.41) is 14.9. The number of carbonyl (C=O) groups excluding carboxylic acids is 1. The van der Waals surface area contributed by atoms with Gasteiger partial charge in [0.15, 0.2) is 0 Å². The summed E-state index contributed by atoms with van der Waals surface area (Å²) >= 11 is 0. The van der Waals surface area contributed by atoms with Crippen molar-refractivity contribution in [3.63, 3.8) is 0 Å². The number of rotatable bonds is 5. The Kier molecular flexibility index (Phi) is 5.32. The van der Waals surface area contributed by atoms with Crippen LogP contribution < -0.4 is 0 Å². The number of nitrogens with zero attached hydrogens (tertiary/aromatic N) is 5. The number of hydrogen-bond donors (Lipinski definition) is 0. The van der Waals surface area contributed by atoms with Gasteiger partial charge in [0.25, 0.3) is 0 Å². The van der Waals surface area contributed by atoms with Crippen molar-refractivity contribution in [1.29, 1.82) is 0 Å². The van der Waals surface area contributed by atoms with E-state index in [1.165, 1.54) is 22.0 Å². The molecule has 3 rings (SSSR count). The first kappa shape index (κ1) is 18.1. The van der Waals surface area contributed by atoms with Crippen LogP contribution in [0.1, 0.15) is 16.8 Å². The first-order valence-corrected chi connectivity index (χ1v) is 8.67. The molecule has 1 aromatic carbocycles. The lowest BCUT2D eigenvalue weighted by atomic mass is 10.1. The SMILES string of the molecule is Cc1ccccc1CN1CCN(C(=O)Cn2ncc([N+](=O)[O-])c2C)CC1. The van der Waals surface area contributed by atoms with E-state index in [-0.39, 0.29) is 18.1 Å². The number of amides is 1. The molecule has 2 aromatic rings. The van der Waals surface area contributed by atoms with E-state index in [2.05, 4.69) is 29.1 Å². The third-order valence-corrected chi connectivity index (χ3v) is 4.94. The molecule has 1 fully saturated rings. The third-order valence-electron chi connectivity index (χ3n) is 4.94. The first-order chi connectivity index (χ1) is 12.5. The maximum Gasteiger partial charge on any atom is 0.309 e. The van der Waals surface area contributed by atoms with Gasteiger partial charge >= 0.3 is 5.69 Å². The zero-order chi connectivity index (χ0) is 18.7. The summed E-state index contributed by atoms with van der Waals surface area (Å²) in [4.78, 5) is 27.1. The Hall–Kier alpha value is -2.74. The van der Waals surface area contributed by atoms with Gasteiger partial charge in [0, 0.05) is 32.7 Å². The fraction of sp³-hybridized carbons (Fsp3) is 0.444. The van der Waals surface area contributed by atoms with Crippen molar-refractivity contribution in [3.05, 3.63) is 57.4 Å². The van der Waals surface area contributed by atoms with E-state index in [0.29, 0.717) is 18.8 Å². The highest BCUT2D eigenvalue weighted by molar-refractivity contribution is 5.76. The molecule has 2 heterocycles. The van der Waals surface area contributed by atoms with Gasteiger partial charge < -0.3 is 4.90 Å². The van der Waals surface area contributed by atoms with Crippen LogP contribution in [0.4, 0.5) is 5.69 Å². The molecule has 1 amide bonds. The fourth-order valence-corrected chi connectivity index (χ4v) is 3.19. The van der Waals surface area contributed by atoms with E-state index in [0.717, 1.165) is 19.6 Å². The molecule has 0 radical (unpaired) electrons. The molecule has 26 heavy (non-hydrogen) atoms. The average Bonchev–Trinajstić information content (AvgIpc) is 2.98. The van der Waals surface area contributed by atoms with E-state index < -0.39 is 4.92 Å². The summed E-state index contributed by atoms with van der Waals surface area (Å²) in [5.74, 6) is -0.0540. The molecule has 0 N–H and O–H groups in total. The van der Waals surface area contributed by atoms with E-state index in [1.807, 2.05) is 12.1 Å². The summed E-state index contributed by atoms with van der Waals surface area (Å²) < 4.78 is 1.40. The number of aromatic nitrogens is 2. The molecule has 0 atom stereocenters. The van der Waals surface area contributed by atoms with Crippen LogP contribution in [-0.2, 0) is 17.9 Å². The quantitative estimate of drug-likeness (QED) is 0.601. The normalized spacial score (nSPS) is 15.2. The molecule has 8 heteroatoms. The average molecular weight is 357 g/mol. The minimum atomic E-state index is -0.479. The van der Waals surface area contributed by atoms with Gasteiger partial charge in [0.1, 0.15) is 18.4 Å². The van der Waals surface area contributed by atoms with E-state index in [4.69, 9.17) is 0 Å². The van der Waals surface area contributed by atoms with Crippen LogP contribution in [0.15, 0.2) is 30.5 Å². The molecular formula is C18H23N5O3. The van der Waals surface area contributed by atoms with Crippen LogP contribution >= 0.6 is 0 Å². The van der Waals surface area contributed by atoms with Crippen molar-refractivity contribution >= 4 is 11.6 Å². The van der Waals surface area contributed by atoms with Gasteiger partial charge in [-0.2, -0.15) is 5.10 Å². The Morgan fingerprint density at radius 1 is 1.19 bits per heavy atom. The van der Waals surface area contributed by atoms with Crippen molar-refractivity contribution < 1.29 is 9.72 Å². The van der Waals surface area contributed by atoms with Crippen LogP contribution in [0.25, 0.3) is 0 Å². The predicted molar refractivity (Wildman–Crippen MR) is 96.7 cm³/mol. The molecule has 0 bridgehead atoms. The number of carbonyl (C=O) groups is 1. The molecule has 0 unspecified atom stereocenters. The second-order valence-corrected chi connectivity index (χ2v) is 6.61. The lowest BCUT2D eigenvalue weighted by Crippen LogP contribution is -2.49. The first-order valence-electron chi connectivity index (χ1n) is 8.67. The summed E-state index contributed by atoms with van der Waals surface area (Å²) in [5.41, 5.74) is 2.94. The molecule has 8 nitrogen and oxygen atoms in total. The summed E-state index contributed by atoms with van der Waals surface area (Å²) in [6.07, 6.45) is 1.20. The Bertz CT molecular complexity index is 809. The molecule has 0 aliphatic carbocycles. The highest BCUT2D eigenvalue weighted by Gasteiger charge is 2.24. The number of benzene rings is 1. The zero-order valence-corrected chi connectivity index (χ0v) is 15.1. The Morgan fingerprint density at radius 3 is 2.50 bits per heavy atom. The molecule has 1 aliphatic heterocycles. The number of piperazine rings is 1. The van der Waals surface area contributed by atoms with E-state index >= 15 is 0 Å². The van der Waals surface area contributed by atoms with Crippen LogP contribution in [-0.4, -0.2) is 56.6 Å². The summed E-state index contributed by atoms with van der Waals surface area (Å²) in [7, 11) is 0. The van der Waals surface area contributed by atoms with Gasteiger partial charge in [-0.3, -0.25) is 24.5 Å². The van der Waals surface area contributed by atoms with Gasteiger partial charge in [0.05, 0.1) is 4.92 Å². The Morgan fingerprint density at radius 2 is 1.88 bits per heavy atom. The topological polar surface area (TPSA) is 84.5 Å². The van der Waals surface area contributed by atoms with Crippen LogP contribution in [0, 0.1) is 24.0 Å². The Labute approximate surface area is 152 Å². The third kappa shape index (κ3) is 3.91. The number of nitro groups is 1. The molecule has 0 saturated carbocycles. The Balaban J connectivity index is 1.54. The summed E-state index contributed by atoms with van der Waals surface area (Å²) in [6.45, 7) is 7.60. The lowest BCUT2D eigenvalue weighted by molar-refractivity contribution is -0.385. The second-order valence-electron chi connectivity index (χ2n) is 6.61. The van der Waals surface area contributed by atoms with Crippen molar-refractivity contribution in [2.75, 3.05) is 26.2 Å². The van der Waals surface area contributed by atoms with Gasteiger partial charge in [-0.15, -0.1) is 0 Å². The minimum absolute atomic E-state index is 0.0392. The van der Waals surface area contributed by atoms with Gasteiger partial charge in [-0.25, -0.2) is 0 Å². The molecular weight excluding hydrogens is 334 g/mol. The largest absolute Gasteiger partial charge is 0.339 e. The van der Waals surface area contributed by atoms with Crippen LogP contribution in [0.2, 0.25) is 0 Å². The highest BCUT2D eigenvalue weighted by Crippen LogP contribution is 2.17. The highest BCUT2D eigenvalue weighted by atomic mass is 16.6. The van der Waals surface area contributed by atoms with Gasteiger partial charge in [0.2, 0.25) is 5.91 Å². The van der Waals surface area contributed by atoms with Crippen molar-refractivity contribution in [2.45, 2.75) is 26.9 Å². The fourth-order valence-electron chi connectivity index (χ4n) is 3.19. The molecule has 0 spiro atoms. The molecule has 1 saturated heterocycles. The van der Waals surface area contributed by atoms with Crippen molar-refractivity contribution in [1.82, 2.24) is 19.6 Å². The van der Waals surface area contributed by atoms with Crippen molar-refractivity contribution in [3.8, 4) is 0 Å². The van der Waals surface area contributed by atoms with Crippen LogP contribution in [0.3, 0.4) is 0 Å². The van der Waals surface area contributed by atoms with Gasteiger partial charge in [-0.1, -0.05) is 24.3 Å². The minimum Gasteiger partial charge on any atom is -0.339 e. The van der Waals surface area contributed by atoms with E-state index in [1.54, 1.807) is 11.8 Å². The predicted octanol–water partition coefficient (Wildman–Crippen LogP) is 1.75. The zero-order valence-electron chi connectivity index (χ0n) is 15.1. The molecule has 1 aliphatic rings. The second kappa shape index (κ2) is 7.65. The van der Waals surface area contributed by atoms with Crippen molar-refractivity contribution in [2.24, 2.45) is 0 Å². The smallest absolute Gasteiger partial charge is 0.309 e. The number of aryl methyl sites for hydroxylation is 1. The maximum absolute atomic E-state index is 12.5. The van der Waals surface area contributed by atoms with E-state index in [9.17, 15) is 14.9 Å². The number of hydrogen-bond acceptors (Lipinski definition) is 5. The maximum atomic E-state index is 12.5. The molecule has 1 aromatic heterocycles. The molecule has 138 valence electrons. The van der Waals surface area contributed by atoms with Crippen LogP contribution in [0.5, 0.6) is 0 Å². The monoisotopic (exact) mass is 357 g/mol.